The highest BCUT2D eigenvalue weighted by Crippen LogP contribution is 2.48. The third-order valence-corrected chi connectivity index (χ3v) is 7.21. The van der Waals surface area contributed by atoms with E-state index in [0.717, 1.165) is 38.4 Å². The zero-order chi connectivity index (χ0) is 26.7. The standard InChI is InChI=1S/C35H32BrNO/c1-35(2,3)27-21-28(36)23-30(22-27)37(29-17-11-18-31(24-29)38-4)34-32(25-13-7-5-8-14-25)19-12-20-33(34)26-15-9-6-10-16-26/h5-24H,1-4H3. The minimum Gasteiger partial charge on any atom is -0.497 e. The van der Waals surface area contributed by atoms with Crippen LogP contribution in [0.2, 0.25) is 0 Å². The Balaban J connectivity index is 1.89. The summed E-state index contributed by atoms with van der Waals surface area (Å²) < 4.78 is 6.72. The van der Waals surface area contributed by atoms with Gasteiger partial charge in [-0.05, 0) is 52.4 Å². The van der Waals surface area contributed by atoms with Crippen LogP contribution < -0.4 is 9.64 Å². The van der Waals surface area contributed by atoms with Crippen molar-refractivity contribution >= 4 is 33.0 Å². The number of para-hydroxylation sites is 1. The third-order valence-electron chi connectivity index (χ3n) is 6.75. The minimum atomic E-state index is -0.0141. The molecule has 0 aliphatic rings. The fraction of sp³-hybridized carbons (Fsp3) is 0.143. The molecule has 0 saturated carbocycles. The lowest BCUT2D eigenvalue weighted by Crippen LogP contribution is -2.16. The quantitative estimate of drug-likeness (QED) is 0.204. The summed E-state index contributed by atoms with van der Waals surface area (Å²) in [5.41, 5.74) is 9.13. The van der Waals surface area contributed by atoms with Crippen LogP contribution in [0.4, 0.5) is 17.1 Å². The topological polar surface area (TPSA) is 12.5 Å². The summed E-state index contributed by atoms with van der Waals surface area (Å²) >= 11 is 3.82. The number of nitrogens with zero attached hydrogens (tertiary/aromatic N) is 1. The second-order valence-electron chi connectivity index (χ2n) is 10.4. The van der Waals surface area contributed by atoms with Crippen LogP contribution >= 0.6 is 15.9 Å². The fourth-order valence-corrected chi connectivity index (χ4v) is 5.26. The first-order valence-corrected chi connectivity index (χ1v) is 13.6. The highest BCUT2D eigenvalue weighted by Gasteiger charge is 2.24. The summed E-state index contributed by atoms with van der Waals surface area (Å²) in [6.07, 6.45) is 0. The van der Waals surface area contributed by atoms with Crippen molar-refractivity contribution in [2.24, 2.45) is 0 Å². The number of methoxy groups -OCH3 is 1. The Morgan fingerprint density at radius 2 is 1.18 bits per heavy atom. The van der Waals surface area contributed by atoms with E-state index in [1.54, 1.807) is 7.11 Å². The smallest absolute Gasteiger partial charge is 0.120 e. The van der Waals surface area contributed by atoms with Crippen molar-refractivity contribution in [3.05, 3.63) is 131 Å². The van der Waals surface area contributed by atoms with Crippen LogP contribution in [-0.4, -0.2) is 7.11 Å². The Labute approximate surface area is 234 Å². The van der Waals surface area contributed by atoms with Gasteiger partial charge in [-0.2, -0.15) is 0 Å². The summed E-state index contributed by atoms with van der Waals surface area (Å²) in [5.74, 6) is 0.817. The average Bonchev–Trinajstić information content (AvgIpc) is 2.93. The van der Waals surface area contributed by atoms with Crippen LogP contribution in [0.1, 0.15) is 26.3 Å². The summed E-state index contributed by atoms with van der Waals surface area (Å²) in [4.78, 5) is 2.37. The van der Waals surface area contributed by atoms with Gasteiger partial charge in [0.25, 0.3) is 0 Å². The Hall–Kier alpha value is -3.82. The highest BCUT2D eigenvalue weighted by atomic mass is 79.9. The number of anilines is 3. The van der Waals surface area contributed by atoms with E-state index in [1.807, 2.05) is 6.07 Å². The van der Waals surface area contributed by atoms with Crippen LogP contribution in [-0.2, 0) is 5.41 Å². The van der Waals surface area contributed by atoms with Crippen molar-refractivity contribution in [3.63, 3.8) is 0 Å². The van der Waals surface area contributed by atoms with Crippen molar-refractivity contribution in [2.45, 2.75) is 26.2 Å². The fourth-order valence-electron chi connectivity index (χ4n) is 4.78. The SMILES string of the molecule is COc1cccc(N(c2cc(Br)cc(C(C)(C)C)c2)c2c(-c3ccccc3)cccc2-c2ccccc2)c1. The summed E-state index contributed by atoms with van der Waals surface area (Å²) in [6.45, 7) is 6.76. The molecule has 5 rings (SSSR count). The normalized spacial score (nSPS) is 11.3. The first-order valence-electron chi connectivity index (χ1n) is 12.8. The van der Waals surface area contributed by atoms with Gasteiger partial charge in [-0.3, -0.25) is 0 Å². The van der Waals surface area contributed by atoms with Crippen molar-refractivity contribution in [1.29, 1.82) is 0 Å². The minimum absolute atomic E-state index is 0.0141. The number of benzene rings is 5. The van der Waals surface area contributed by atoms with Gasteiger partial charge in [0, 0.05) is 33.0 Å². The lowest BCUT2D eigenvalue weighted by atomic mass is 9.86. The summed E-state index contributed by atoms with van der Waals surface area (Å²) in [7, 11) is 1.72. The molecule has 0 unspecified atom stereocenters. The molecule has 190 valence electrons. The highest BCUT2D eigenvalue weighted by molar-refractivity contribution is 9.10. The van der Waals surface area contributed by atoms with E-state index in [4.69, 9.17) is 4.74 Å². The number of ether oxygens (including phenoxy) is 1. The van der Waals surface area contributed by atoms with Gasteiger partial charge < -0.3 is 9.64 Å². The van der Waals surface area contributed by atoms with Crippen molar-refractivity contribution in [3.8, 4) is 28.0 Å². The van der Waals surface area contributed by atoms with E-state index in [1.165, 1.54) is 16.7 Å². The maximum atomic E-state index is 5.67. The van der Waals surface area contributed by atoms with Gasteiger partial charge in [0.15, 0.2) is 0 Å². The van der Waals surface area contributed by atoms with Crippen LogP contribution in [0.15, 0.2) is 126 Å². The lowest BCUT2D eigenvalue weighted by Gasteiger charge is -2.32. The monoisotopic (exact) mass is 561 g/mol. The second kappa shape index (κ2) is 10.9. The van der Waals surface area contributed by atoms with Gasteiger partial charge in [-0.15, -0.1) is 0 Å². The molecule has 2 nitrogen and oxygen atoms in total. The molecular weight excluding hydrogens is 530 g/mol. The van der Waals surface area contributed by atoms with E-state index < -0.39 is 0 Å². The van der Waals surface area contributed by atoms with Gasteiger partial charge >= 0.3 is 0 Å². The number of hydrogen-bond donors (Lipinski definition) is 0. The van der Waals surface area contributed by atoms with Crippen molar-refractivity contribution in [1.82, 2.24) is 0 Å². The Bertz CT molecular complexity index is 1480. The molecule has 0 amide bonds. The molecule has 0 N–H and O–H groups in total. The van der Waals surface area contributed by atoms with Crippen molar-refractivity contribution in [2.75, 3.05) is 12.0 Å². The summed E-state index contributed by atoms with van der Waals surface area (Å²) in [5, 5.41) is 0. The maximum Gasteiger partial charge on any atom is 0.120 e. The van der Waals surface area contributed by atoms with Gasteiger partial charge in [-0.25, -0.2) is 0 Å². The van der Waals surface area contributed by atoms with Gasteiger partial charge in [0.1, 0.15) is 5.75 Å². The molecule has 0 aliphatic carbocycles. The average molecular weight is 563 g/mol. The van der Waals surface area contributed by atoms with Crippen molar-refractivity contribution < 1.29 is 4.74 Å². The maximum absolute atomic E-state index is 5.67. The molecule has 0 aliphatic heterocycles. The molecule has 0 fully saturated rings. The molecule has 5 aromatic rings. The molecule has 0 heterocycles. The molecule has 3 heteroatoms. The van der Waals surface area contributed by atoms with Crippen LogP contribution in [0, 0.1) is 0 Å². The van der Waals surface area contributed by atoms with E-state index in [0.29, 0.717) is 0 Å². The number of rotatable bonds is 6. The van der Waals surface area contributed by atoms with Gasteiger partial charge in [-0.1, -0.05) is 122 Å². The van der Waals surface area contributed by atoms with E-state index in [9.17, 15) is 0 Å². The van der Waals surface area contributed by atoms with Gasteiger partial charge in [0.05, 0.1) is 12.8 Å². The Morgan fingerprint density at radius 1 is 0.605 bits per heavy atom. The molecule has 5 aromatic carbocycles. The molecule has 0 spiro atoms. The third kappa shape index (κ3) is 5.39. The molecule has 0 radical (unpaired) electrons. The Morgan fingerprint density at radius 3 is 1.74 bits per heavy atom. The number of hydrogen-bond acceptors (Lipinski definition) is 2. The molecule has 0 aromatic heterocycles. The zero-order valence-corrected chi connectivity index (χ0v) is 23.9. The van der Waals surface area contributed by atoms with E-state index in [-0.39, 0.29) is 5.41 Å². The Kier molecular flexibility index (Phi) is 7.40. The van der Waals surface area contributed by atoms with Crippen LogP contribution in [0.3, 0.4) is 0 Å². The predicted octanol–water partition coefficient (Wildman–Crippen LogP) is 10.6. The molecule has 0 bridgehead atoms. The van der Waals surface area contributed by atoms with E-state index in [2.05, 4.69) is 157 Å². The molecule has 38 heavy (non-hydrogen) atoms. The predicted molar refractivity (Wildman–Crippen MR) is 165 cm³/mol. The molecular formula is C35H32BrNO. The first kappa shape index (κ1) is 25.8. The largest absolute Gasteiger partial charge is 0.497 e. The molecule has 0 saturated heterocycles. The van der Waals surface area contributed by atoms with Crippen LogP contribution in [0.25, 0.3) is 22.3 Å². The lowest BCUT2D eigenvalue weighted by molar-refractivity contribution is 0.415. The van der Waals surface area contributed by atoms with E-state index >= 15 is 0 Å². The van der Waals surface area contributed by atoms with Gasteiger partial charge in [0.2, 0.25) is 0 Å². The summed E-state index contributed by atoms with van der Waals surface area (Å²) in [6, 6.07) is 42.8. The van der Waals surface area contributed by atoms with Crippen LogP contribution in [0.5, 0.6) is 5.75 Å². The molecule has 0 atom stereocenters. The zero-order valence-electron chi connectivity index (χ0n) is 22.3. The number of halogens is 1. The first-order chi connectivity index (χ1) is 18.3. The second-order valence-corrected chi connectivity index (χ2v) is 11.3.